The number of amides is 1. The van der Waals surface area contributed by atoms with Crippen molar-refractivity contribution in [3.05, 3.63) is 23.8 Å². The molecule has 0 aliphatic heterocycles. The fraction of sp³-hybridized carbons (Fsp3) is 0.562. The Labute approximate surface area is 127 Å². The highest BCUT2D eigenvalue weighted by atomic mass is 16.5. The first-order chi connectivity index (χ1) is 10.0. The van der Waals surface area contributed by atoms with Gasteiger partial charge in [-0.2, -0.15) is 0 Å². The van der Waals surface area contributed by atoms with E-state index in [1.165, 1.54) is 0 Å². The Kier molecular flexibility index (Phi) is 7.02. The molecule has 0 spiro atoms. The molecule has 1 amide bonds. The van der Waals surface area contributed by atoms with E-state index in [-0.39, 0.29) is 5.91 Å². The molecule has 0 bridgehead atoms. The Balaban J connectivity index is 2.61. The summed E-state index contributed by atoms with van der Waals surface area (Å²) in [6.07, 6.45) is 1.01. The summed E-state index contributed by atoms with van der Waals surface area (Å²) in [6, 6.07) is 6.03. The van der Waals surface area contributed by atoms with Crippen LogP contribution in [0.5, 0.6) is 11.5 Å². The van der Waals surface area contributed by atoms with E-state index in [2.05, 4.69) is 19.2 Å². The highest BCUT2D eigenvalue weighted by Crippen LogP contribution is 2.27. The first-order valence-corrected chi connectivity index (χ1v) is 7.20. The lowest BCUT2D eigenvalue weighted by Gasteiger charge is -2.20. The Bertz CT molecular complexity index is 463. The van der Waals surface area contributed by atoms with Gasteiger partial charge in [-0.25, -0.2) is 0 Å². The number of methoxy groups -OCH3 is 2. The summed E-state index contributed by atoms with van der Waals surface area (Å²) in [6.45, 7) is 5.07. The Morgan fingerprint density at radius 3 is 2.52 bits per heavy atom. The summed E-state index contributed by atoms with van der Waals surface area (Å²) >= 11 is 0. The van der Waals surface area contributed by atoms with E-state index in [0.29, 0.717) is 30.6 Å². The molecule has 0 heterocycles. The molecule has 1 rings (SSSR count). The molecule has 1 N–H and O–H groups in total. The molecule has 21 heavy (non-hydrogen) atoms. The van der Waals surface area contributed by atoms with Crippen LogP contribution in [0.2, 0.25) is 0 Å². The molecule has 1 unspecified atom stereocenters. The van der Waals surface area contributed by atoms with E-state index in [4.69, 9.17) is 9.47 Å². The predicted octanol–water partition coefficient (Wildman–Crippen LogP) is 2.05. The molecule has 0 aliphatic carbocycles. The molecular weight excluding hydrogens is 268 g/mol. The van der Waals surface area contributed by atoms with Crippen molar-refractivity contribution in [3.8, 4) is 11.5 Å². The number of carbonyl (C=O) groups excluding carboxylic acids is 1. The van der Waals surface area contributed by atoms with Crippen LogP contribution < -0.4 is 14.8 Å². The van der Waals surface area contributed by atoms with Gasteiger partial charge in [-0.05, 0) is 31.0 Å². The van der Waals surface area contributed by atoms with Crippen molar-refractivity contribution in [3.63, 3.8) is 0 Å². The summed E-state index contributed by atoms with van der Waals surface area (Å²) in [7, 11) is 5.01. The highest BCUT2D eigenvalue weighted by molar-refractivity contribution is 5.78. The normalized spacial score (nSPS) is 11.9. The monoisotopic (exact) mass is 294 g/mol. The van der Waals surface area contributed by atoms with Crippen LogP contribution in [0.4, 0.5) is 0 Å². The first kappa shape index (κ1) is 17.3. The quantitative estimate of drug-likeness (QED) is 0.797. The Morgan fingerprint density at radius 2 is 1.95 bits per heavy atom. The molecule has 1 aromatic rings. The summed E-state index contributed by atoms with van der Waals surface area (Å²) in [5, 5.41) is 3.20. The third kappa shape index (κ3) is 5.27. The van der Waals surface area contributed by atoms with E-state index in [9.17, 15) is 4.79 Å². The summed E-state index contributed by atoms with van der Waals surface area (Å²) < 4.78 is 10.5. The van der Waals surface area contributed by atoms with E-state index < -0.39 is 0 Å². The van der Waals surface area contributed by atoms with Gasteiger partial charge in [-0.3, -0.25) is 4.79 Å². The van der Waals surface area contributed by atoms with Crippen LogP contribution in [-0.2, 0) is 11.3 Å². The van der Waals surface area contributed by atoms with Crippen molar-refractivity contribution in [2.45, 2.75) is 32.9 Å². The number of hydrogen-bond acceptors (Lipinski definition) is 4. The maximum absolute atomic E-state index is 12.1. The number of ether oxygens (including phenoxy) is 2. The SMILES string of the molecule is CCC(C)NCC(=O)N(C)Cc1ccc(OC)c(OC)c1. The van der Waals surface area contributed by atoms with Crippen LogP contribution in [-0.4, -0.2) is 44.7 Å². The average Bonchev–Trinajstić information content (AvgIpc) is 2.51. The largest absolute Gasteiger partial charge is 0.493 e. The molecule has 0 fully saturated rings. The number of rotatable bonds is 8. The predicted molar refractivity (Wildman–Crippen MR) is 83.8 cm³/mol. The second-order valence-electron chi connectivity index (χ2n) is 5.13. The zero-order chi connectivity index (χ0) is 15.8. The fourth-order valence-electron chi connectivity index (χ4n) is 1.88. The fourth-order valence-corrected chi connectivity index (χ4v) is 1.88. The summed E-state index contributed by atoms with van der Waals surface area (Å²) in [5.74, 6) is 1.44. The third-order valence-electron chi connectivity index (χ3n) is 3.51. The van der Waals surface area contributed by atoms with Crippen LogP contribution in [0.15, 0.2) is 18.2 Å². The number of carbonyl (C=O) groups is 1. The van der Waals surface area contributed by atoms with Crippen molar-refractivity contribution in [1.29, 1.82) is 0 Å². The van der Waals surface area contributed by atoms with Crippen molar-refractivity contribution in [2.75, 3.05) is 27.8 Å². The van der Waals surface area contributed by atoms with Gasteiger partial charge in [0.05, 0.1) is 20.8 Å². The maximum Gasteiger partial charge on any atom is 0.236 e. The van der Waals surface area contributed by atoms with Crippen LogP contribution in [0.1, 0.15) is 25.8 Å². The standard InChI is InChI=1S/C16H26N2O3/c1-6-12(2)17-10-16(19)18(3)11-13-7-8-14(20-4)15(9-13)21-5/h7-9,12,17H,6,10-11H2,1-5H3. The number of likely N-dealkylation sites (N-methyl/N-ethyl adjacent to an activating group) is 1. The van der Waals surface area contributed by atoms with Crippen molar-refractivity contribution < 1.29 is 14.3 Å². The lowest BCUT2D eigenvalue weighted by Crippen LogP contribution is -2.38. The van der Waals surface area contributed by atoms with E-state index in [0.717, 1.165) is 12.0 Å². The lowest BCUT2D eigenvalue weighted by atomic mass is 10.2. The van der Waals surface area contributed by atoms with Gasteiger partial charge in [0.25, 0.3) is 0 Å². The van der Waals surface area contributed by atoms with Gasteiger partial charge < -0.3 is 19.7 Å². The lowest BCUT2D eigenvalue weighted by molar-refractivity contribution is -0.129. The Hall–Kier alpha value is -1.75. The van der Waals surface area contributed by atoms with Gasteiger partial charge in [0.2, 0.25) is 5.91 Å². The van der Waals surface area contributed by atoms with Gasteiger partial charge in [-0.15, -0.1) is 0 Å². The zero-order valence-corrected chi connectivity index (χ0v) is 13.6. The number of nitrogens with zero attached hydrogens (tertiary/aromatic N) is 1. The number of benzene rings is 1. The maximum atomic E-state index is 12.1. The molecule has 1 aromatic carbocycles. The van der Waals surface area contributed by atoms with Crippen molar-refractivity contribution >= 4 is 5.91 Å². The smallest absolute Gasteiger partial charge is 0.236 e. The highest BCUT2D eigenvalue weighted by Gasteiger charge is 2.12. The molecule has 0 aromatic heterocycles. The van der Waals surface area contributed by atoms with Crippen LogP contribution >= 0.6 is 0 Å². The molecule has 0 aliphatic rings. The van der Waals surface area contributed by atoms with Gasteiger partial charge in [0.1, 0.15) is 0 Å². The van der Waals surface area contributed by atoms with Gasteiger partial charge >= 0.3 is 0 Å². The molecule has 0 saturated carbocycles. The van der Waals surface area contributed by atoms with Gasteiger partial charge in [0.15, 0.2) is 11.5 Å². The summed E-state index contributed by atoms with van der Waals surface area (Å²) in [5.41, 5.74) is 1.01. The molecule has 0 radical (unpaired) electrons. The van der Waals surface area contributed by atoms with E-state index in [1.54, 1.807) is 26.2 Å². The minimum atomic E-state index is 0.0742. The molecular formula is C16H26N2O3. The number of nitrogens with one attached hydrogen (secondary N) is 1. The second kappa shape index (κ2) is 8.52. The third-order valence-corrected chi connectivity index (χ3v) is 3.51. The van der Waals surface area contributed by atoms with Crippen molar-refractivity contribution in [1.82, 2.24) is 10.2 Å². The van der Waals surface area contributed by atoms with Gasteiger partial charge in [-0.1, -0.05) is 13.0 Å². The topological polar surface area (TPSA) is 50.8 Å². The molecule has 0 saturated heterocycles. The average molecular weight is 294 g/mol. The summed E-state index contributed by atoms with van der Waals surface area (Å²) in [4.78, 5) is 13.8. The number of hydrogen-bond donors (Lipinski definition) is 1. The van der Waals surface area contributed by atoms with E-state index >= 15 is 0 Å². The Morgan fingerprint density at radius 1 is 1.29 bits per heavy atom. The second-order valence-corrected chi connectivity index (χ2v) is 5.13. The van der Waals surface area contributed by atoms with Crippen LogP contribution in [0.3, 0.4) is 0 Å². The minimum Gasteiger partial charge on any atom is -0.493 e. The zero-order valence-electron chi connectivity index (χ0n) is 13.6. The van der Waals surface area contributed by atoms with Gasteiger partial charge in [0, 0.05) is 19.6 Å². The van der Waals surface area contributed by atoms with Crippen LogP contribution in [0.25, 0.3) is 0 Å². The molecule has 5 heteroatoms. The molecule has 118 valence electrons. The molecule has 1 atom stereocenters. The van der Waals surface area contributed by atoms with E-state index in [1.807, 2.05) is 18.2 Å². The molecule has 5 nitrogen and oxygen atoms in total. The van der Waals surface area contributed by atoms with Crippen molar-refractivity contribution in [2.24, 2.45) is 0 Å². The minimum absolute atomic E-state index is 0.0742. The first-order valence-electron chi connectivity index (χ1n) is 7.20. The van der Waals surface area contributed by atoms with Crippen LogP contribution in [0, 0.1) is 0 Å².